The van der Waals surface area contributed by atoms with Crippen molar-refractivity contribution in [3.05, 3.63) is 12.2 Å². The number of hydrogen-bond donors (Lipinski definition) is 0. The summed E-state index contributed by atoms with van der Waals surface area (Å²) in [6.45, 7) is 9.63. The van der Waals surface area contributed by atoms with E-state index in [-0.39, 0.29) is 0 Å². The lowest BCUT2D eigenvalue weighted by Crippen LogP contribution is -2.06. The van der Waals surface area contributed by atoms with Gasteiger partial charge >= 0.3 is 11.9 Å². The standard InChI is InChI=1S/C20H36O4/c1-17(2)11-7-5-9-15-23-19(21)13-14-20(22)24-16-10-6-8-12-18(3)4/h13-14,17-18H,5-12,15-16H2,1-4H3/b14-13-. The maximum absolute atomic E-state index is 11.5. The predicted octanol–water partition coefficient (Wildman–Crippen LogP) is 5.06. The minimum Gasteiger partial charge on any atom is -0.463 e. The number of unbranched alkanes of at least 4 members (excludes halogenated alkanes) is 4. The largest absolute Gasteiger partial charge is 0.463 e. The molecular weight excluding hydrogens is 304 g/mol. The lowest BCUT2D eigenvalue weighted by molar-refractivity contribution is -0.140. The Balaban J connectivity index is 3.54. The molecule has 0 aliphatic carbocycles. The van der Waals surface area contributed by atoms with Gasteiger partial charge in [0.2, 0.25) is 0 Å². The summed E-state index contributed by atoms with van der Waals surface area (Å²) >= 11 is 0. The molecule has 0 rings (SSSR count). The molecule has 0 aliphatic heterocycles. The third-order valence-corrected chi connectivity index (χ3v) is 3.70. The first-order valence-corrected chi connectivity index (χ1v) is 9.43. The van der Waals surface area contributed by atoms with Crippen LogP contribution in [-0.4, -0.2) is 25.2 Å². The normalized spacial score (nSPS) is 11.4. The molecular formula is C20H36O4. The Labute approximate surface area is 148 Å². The molecule has 0 unspecified atom stereocenters. The van der Waals surface area contributed by atoms with Crippen LogP contribution in [-0.2, 0) is 19.1 Å². The van der Waals surface area contributed by atoms with Crippen LogP contribution in [0.3, 0.4) is 0 Å². The average molecular weight is 341 g/mol. The van der Waals surface area contributed by atoms with Crippen LogP contribution < -0.4 is 0 Å². The van der Waals surface area contributed by atoms with E-state index in [1.165, 1.54) is 12.8 Å². The molecule has 0 radical (unpaired) electrons. The van der Waals surface area contributed by atoms with Gasteiger partial charge in [0, 0.05) is 12.2 Å². The quantitative estimate of drug-likeness (QED) is 0.252. The number of carbonyl (C=O) groups is 2. The molecule has 0 bridgehead atoms. The van der Waals surface area contributed by atoms with Gasteiger partial charge in [-0.15, -0.1) is 0 Å². The van der Waals surface area contributed by atoms with Crippen LogP contribution in [0.2, 0.25) is 0 Å². The zero-order chi connectivity index (χ0) is 18.2. The fraction of sp³-hybridized carbons (Fsp3) is 0.800. The van der Waals surface area contributed by atoms with Crippen molar-refractivity contribution in [2.75, 3.05) is 13.2 Å². The summed E-state index contributed by atoms with van der Waals surface area (Å²) < 4.78 is 10.1. The van der Waals surface area contributed by atoms with Crippen LogP contribution in [0, 0.1) is 11.8 Å². The highest BCUT2D eigenvalue weighted by Gasteiger charge is 2.02. The zero-order valence-corrected chi connectivity index (χ0v) is 16.0. The molecule has 140 valence electrons. The molecule has 0 aromatic carbocycles. The molecule has 0 aromatic rings. The van der Waals surface area contributed by atoms with Gasteiger partial charge < -0.3 is 9.47 Å². The third kappa shape index (κ3) is 17.0. The number of ether oxygens (including phenoxy) is 2. The third-order valence-electron chi connectivity index (χ3n) is 3.70. The summed E-state index contributed by atoms with van der Waals surface area (Å²) in [6.07, 6.45) is 10.9. The van der Waals surface area contributed by atoms with Crippen molar-refractivity contribution in [3.63, 3.8) is 0 Å². The van der Waals surface area contributed by atoms with Gasteiger partial charge in [0.15, 0.2) is 0 Å². The Morgan fingerprint density at radius 3 is 1.38 bits per heavy atom. The molecule has 0 fully saturated rings. The van der Waals surface area contributed by atoms with Gasteiger partial charge in [-0.25, -0.2) is 9.59 Å². The molecule has 0 saturated heterocycles. The lowest BCUT2D eigenvalue weighted by Gasteiger charge is -2.05. The fourth-order valence-electron chi connectivity index (χ4n) is 2.24. The van der Waals surface area contributed by atoms with Gasteiger partial charge in [-0.3, -0.25) is 0 Å². The summed E-state index contributed by atoms with van der Waals surface area (Å²) in [5, 5.41) is 0. The highest BCUT2D eigenvalue weighted by molar-refractivity contribution is 5.91. The maximum Gasteiger partial charge on any atom is 0.331 e. The van der Waals surface area contributed by atoms with Gasteiger partial charge in [0.1, 0.15) is 0 Å². The highest BCUT2D eigenvalue weighted by Crippen LogP contribution is 2.08. The van der Waals surface area contributed by atoms with Gasteiger partial charge in [-0.2, -0.15) is 0 Å². The highest BCUT2D eigenvalue weighted by atomic mass is 16.5. The van der Waals surface area contributed by atoms with Gasteiger partial charge in [-0.05, 0) is 24.7 Å². The van der Waals surface area contributed by atoms with E-state index in [1.807, 2.05) is 0 Å². The Morgan fingerprint density at radius 2 is 1.04 bits per heavy atom. The molecule has 0 N–H and O–H groups in total. The lowest BCUT2D eigenvalue weighted by atomic mass is 10.1. The van der Waals surface area contributed by atoms with E-state index in [0.717, 1.165) is 62.5 Å². The summed E-state index contributed by atoms with van der Waals surface area (Å²) in [5.41, 5.74) is 0. The van der Waals surface area contributed by atoms with Crippen LogP contribution in [0.4, 0.5) is 0 Å². The fourth-order valence-corrected chi connectivity index (χ4v) is 2.24. The topological polar surface area (TPSA) is 52.6 Å². The number of rotatable bonds is 14. The molecule has 0 amide bonds. The van der Waals surface area contributed by atoms with Crippen LogP contribution in [0.15, 0.2) is 12.2 Å². The van der Waals surface area contributed by atoms with Crippen LogP contribution in [0.1, 0.15) is 79.1 Å². The van der Waals surface area contributed by atoms with Crippen molar-refractivity contribution in [2.45, 2.75) is 79.1 Å². The van der Waals surface area contributed by atoms with Crippen molar-refractivity contribution in [1.82, 2.24) is 0 Å². The van der Waals surface area contributed by atoms with E-state index in [9.17, 15) is 9.59 Å². The van der Waals surface area contributed by atoms with Crippen molar-refractivity contribution in [1.29, 1.82) is 0 Å². The number of esters is 2. The monoisotopic (exact) mass is 340 g/mol. The van der Waals surface area contributed by atoms with E-state index in [4.69, 9.17) is 9.47 Å². The van der Waals surface area contributed by atoms with E-state index in [2.05, 4.69) is 27.7 Å². The van der Waals surface area contributed by atoms with Crippen LogP contribution >= 0.6 is 0 Å². The number of carbonyl (C=O) groups excluding carboxylic acids is 2. The Kier molecular flexibility index (Phi) is 14.4. The summed E-state index contributed by atoms with van der Waals surface area (Å²) in [7, 11) is 0. The molecule has 0 aromatic heterocycles. The maximum atomic E-state index is 11.5. The summed E-state index contributed by atoms with van der Waals surface area (Å²) in [4.78, 5) is 22.9. The second-order valence-electron chi connectivity index (χ2n) is 7.15. The van der Waals surface area contributed by atoms with E-state index in [0.29, 0.717) is 13.2 Å². The van der Waals surface area contributed by atoms with Crippen molar-refractivity contribution < 1.29 is 19.1 Å². The van der Waals surface area contributed by atoms with Crippen molar-refractivity contribution >= 4 is 11.9 Å². The second kappa shape index (κ2) is 15.2. The first-order valence-electron chi connectivity index (χ1n) is 9.43. The van der Waals surface area contributed by atoms with Gasteiger partial charge in [-0.1, -0.05) is 66.2 Å². The van der Waals surface area contributed by atoms with Crippen molar-refractivity contribution in [3.8, 4) is 0 Å². The number of hydrogen-bond acceptors (Lipinski definition) is 4. The first-order chi connectivity index (χ1) is 11.4. The van der Waals surface area contributed by atoms with Gasteiger partial charge in [0.05, 0.1) is 13.2 Å². The minimum atomic E-state index is -0.479. The molecule has 0 spiro atoms. The van der Waals surface area contributed by atoms with Gasteiger partial charge in [0.25, 0.3) is 0 Å². The second-order valence-corrected chi connectivity index (χ2v) is 7.15. The summed E-state index contributed by atoms with van der Waals surface area (Å²) in [5.74, 6) is 0.480. The van der Waals surface area contributed by atoms with E-state index in [1.54, 1.807) is 0 Å². The van der Waals surface area contributed by atoms with E-state index >= 15 is 0 Å². The van der Waals surface area contributed by atoms with Crippen LogP contribution in [0.5, 0.6) is 0 Å². The Hall–Kier alpha value is -1.32. The van der Waals surface area contributed by atoms with Crippen LogP contribution in [0.25, 0.3) is 0 Å². The molecule has 4 nitrogen and oxygen atoms in total. The predicted molar refractivity (Wildman–Crippen MR) is 97.7 cm³/mol. The molecule has 0 saturated carbocycles. The summed E-state index contributed by atoms with van der Waals surface area (Å²) in [6, 6.07) is 0. The average Bonchev–Trinajstić information content (AvgIpc) is 2.51. The Morgan fingerprint density at radius 1 is 0.667 bits per heavy atom. The molecule has 0 heterocycles. The molecule has 0 aliphatic rings. The smallest absolute Gasteiger partial charge is 0.331 e. The van der Waals surface area contributed by atoms with E-state index < -0.39 is 11.9 Å². The van der Waals surface area contributed by atoms with Crippen molar-refractivity contribution in [2.24, 2.45) is 11.8 Å². The minimum absolute atomic E-state index is 0.409. The molecule has 4 heteroatoms. The zero-order valence-electron chi connectivity index (χ0n) is 16.0. The molecule has 0 atom stereocenters. The molecule has 24 heavy (non-hydrogen) atoms. The SMILES string of the molecule is CC(C)CCCCCOC(=O)/C=C\C(=O)OCCCCCC(C)C. The first kappa shape index (κ1) is 22.7. The Bertz CT molecular complexity index is 325.